The molecule has 0 aliphatic carbocycles. The maximum absolute atomic E-state index is 12.0. The van der Waals surface area contributed by atoms with Gasteiger partial charge in [0.2, 0.25) is 5.91 Å². The lowest BCUT2D eigenvalue weighted by atomic mass is 10.0. The lowest BCUT2D eigenvalue weighted by Gasteiger charge is -2.35. The van der Waals surface area contributed by atoms with Crippen molar-refractivity contribution in [2.24, 2.45) is 0 Å². The largest absolute Gasteiger partial charge is 0.491 e. The Morgan fingerprint density at radius 3 is 2.89 bits per heavy atom. The van der Waals surface area contributed by atoms with Crippen molar-refractivity contribution in [3.63, 3.8) is 0 Å². The highest BCUT2D eigenvalue weighted by molar-refractivity contribution is 5.76. The summed E-state index contributed by atoms with van der Waals surface area (Å²) in [6.45, 7) is 5.46. The quantitative estimate of drug-likeness (QED) is 0.818. The van der Waals surface area contributed by atoms with E-state index in [9.17, 15) is 4.79 Å². The fourth-order valence-electron chi connectivity index (χ4n) is 2.47. The molecule has 0 fully saturated rings. The fourth-order valence-corrected chi connectivity index (χ4v) is 2.47. The van der Waals surface area contributed by atoms with Gasteiger partial charge in [0, 0.05) is 13.0 Å². The Labute approximate surface area is 109 Å². The fraction of sp³-hybridized carbons (Fsp3) is 0.533. The molecule has 0 spiro atoms. The van der Waals surface area contributed by atoms with E-state index in [1.54, 1.807) is 0 Å². The minimum Gasteiger partial charge on any atom is -0.491 e. The highest BCUT2D eigenvalue weighted by Gasteiger charge is 2.27. The second-order valence-corrected chi connectivity index (χ2v) is 4.72. The van der Waals surface area contributed by atoms with Gasteiger partial charge in [-0.05, 0) is 24.5 Å². The molecule has 1 aliphatic rings. The van der Waals surface area contributed by atoms with E-state index in [0.29, 0.717) is 13.0 Å². The Hall–Kier alpha value is -1.51. The average Bonchev–Trinajstić information content (AvgIpc) is 2.43. The van der Waals surface area contributed by atoms with Crippen LogP contribution in [0.4, 0.5) is 0 Å². The van der Waals surface area contributed by atoms with Gasteiger partial charge in [-0.3, -0.25) is 4.79 Å². The second-order valence-electron chi connectivity index (χ2n) is 4.72. The molecule has 0 radical (unpaired) electrons. The number of benzene rings is 1. The number of carbonyl (C=O) groups excluding carboxylic acids is 1. The Balaban J connectivity index is 2.12. The summed E-state index contributed by atoms with van der Waals surface area (Å²) in [7, 11) is 0. The molecular weight excluding hydrogens is 226 g/mol. The number of hydrogen-bond acceptors (Lipinski definition) is 2. The van der Waals surface area contributed by atoms with Crippen molar-refractivity contribution in [3.8, 4) is 5.75 Å². The summed E-state index contributed by atoms with van der Waals surface area (Å²) < 4.78 is 5.76. The predicted molar refractivity (Wildman–Crippen MR) is 71.7 cm³/mol. The molecule has 1 amide bonds. The van der Waals surface area contributed by atoms with Gasteiger partial charge in [0.1, 0.15) is 12.4 Å². The Bertz CT molecular complexity index is 417. The number of rotatable bonds is 4. The molecule has 1 aliphatic heterocycles. The topological polar surface area (TPSA) is 29.5 Å². The van der Waals surface area contributed by atoms with Crippen LogP contribution < -0.4 is 4.74 Å². The lowest BCUT2D eigenvalue weighted by Crippen LogP contribution is -2.46. The summed E-state index contributed by atoms with van der Waals surface area (Å²) in [5, 5.41) is 0. The Morgan fingerprint density at radius 2 is 2.17 bits per heavy atom. The van der Waals surface area contributed by atoms with Crippen molar-refractivity contribution in [1.82, 2.24) is 4.90 Å². The SMILES string of the molecule is CCCN(C(=O)CC)C1COc2ccccc2C1. The first kappa shape index (κ1) is 12.9. The van der Waals surface area contributed by atoms with Crippen molar-refractivity contribution < 1.29 is 9.53 Å². The Kier molecular flexibility index (Phi) is 4.24. The van der Waals surface area contributed by atoms with E-state index in [4.69, 9.17) is 4.74 Å². The number of hydrogen-bond donors (Lipinski definition) is 0. The summed E-state index contributed by atoms with van der Waals surface area (Å²) in [5.74, 6) is 1.19. The maximum Gasteiger partial charge on any atom is 0.222 e. The third kappa shape index (κ3) is 2.66. The molecule has 98 valence electrons. The summed E-state index contributed by atoms with van der Waals surface area (Å²) in [6.07, 6.45) is 2.46. The Morgan fingerprint density at radius 1 is 1.39 bits per heavy atom. The number of ether oxygens (including phenoxy) is 1. The van der Waals surface area contributed by atoms with E-state index in [2.05, 4.69) is 13.0 Å². The number of para-hydroxylation sites is 1. The van der Waals surface area contributed by atoms with E-state index in [0.717, 1.165) is 25.1 Å². The standard InChI is InChI=1S/C15H21NO2/c1-3-9-16(15(17)4-2)13-10-12-7-5-6-8-14(12)18-11-13/h5-8,13H,3-4,9-11H2,1-2H3. The molecule has 3 nitrogen and oxygen atoms in total. The van der Waals surface area contributed by atoms with Gasteiger partial charge in [-0.25, -0.2) is 0 Å². The van der Waals surface area contributed by atoms with Gasteiger partial charge in [-0.2, -0.15) is 0 Å². The smallest absolute Gasteiger partial charge is 0.222 e. The zero-order valence-corrected chi connectivity index (χ0v) is 11.2. The average molecular weight is 247 g/mol. The molecule has 18 heavy (non-hydrogen) atoms. The number of fused-ring (bicyclic) bond motifs is 1. The molecule has 1 unspecified atom stereocenters. The van der Waals surface area contributed by atoms with E-state index in [-0.39, 0.29) is 11.9 Å². The highest BCUT2D eigenvalue weighted by Crippen LogP contribution is 2.26. The number of nitrogens with zero attached hydrogens (tertiary/aromatic N) is 1. The third-order valence-corrected chi connectivity index (χ3v) is 3.39. The van der Waals surface area contributed by atoms with Crippen LogP contribution in [-0.2, 0) is 11.2 Å². The molecule has 1 aromatic carbocycles. The van der Waals surface area contributed by atoms with Gasteiger partial charge in [0.25, 0.3) is 0 Å². The van der Waals surface area contributed by atoms with Gasteiger partial charge in [0.15, 0.2) is 0 Å². The summed E-state index contributed by atoms with van der Waals surface area (Å²) in [6, 6.07) is 8.28. The summed E-state index contributed by atoms with van der Waals surface area (Å²) >= 11 is 0. The van der Waals surface area contributed by atoms with E-state index in [1.807, 2.05) is 30.0 Å². The van der Waals surface area contributed by atoms with E-state index >= 15 is 0 Å². The molecule has 2 rings (SSSR count). The van der Waals surface area contributed by atoms with E-state index < -0.39 is 0 Å². The van der Waals surface area contributed by atoms with Gasteiger partial charge < -0.3 is 9.64 Å². The van der Waals surface area contributed by atoms with Crippen molar-refractivity contribution in [2.45, 2.75) is 39.2 Å². The first-order valence-corrected chi connectivity index (χ1v) is 6.76. The molecule has 3 heteroatoms. The summed E-state index contributed by atoms with van der Waals surface area (Å²) in [4.78, 5) is 14.0. The van der Waals surface area contributed by atoms with E-state index in [1.165, 1.54) is 5.56 Å². The molecular formula is C15H21NO2. The van der Waals surface area contributed by atoms with Crippen LogP contribution in [0.2, 0.25) is 0 Å². The van der Waals surface area contributed by atoms with Crippen LogP contribution in [0.5, 0.6) is 5.75 Å². The van der Waals surface area contributed by atoms with Gasteiger partial charge in [0.05, 0.1) is 6.04 Å². The third-order valence-electron chi connectivity index (χ3n) is 3.39. The van der Waals surface area contributed by atoms with Crippen molar-refractivity contribution in [2.75, 3.05) is 13.2 Å². The molecule has 1 heterocycles. The van der Waals surface area contributed by atoms with Gasteiger partial charge >= 0.3 is 0 Å². The van der Waals surface area contributed by atoms with Crippen LogP contribution in [-0.4, -0.2) is 30.0 Å². The minimum atomic E-state index is 0.187. The predicted octanol–water partition coefficient (Wildman–Crippen LogP) is 2.64. The lowest BCUT2D eigenvalue weighted by molar-refractivity contribution is -0.134. The highest BCUT2D eigenvalue weighted by atomic mass is 16.5. The molecule has 1 atom stereocenters. The monoisotopic (exact) mass is 247 g/mol. The number of amides is 1. The molecule has 0 bridgehead atoms. The van der Waals surface area contributed by atoms with Crippen LogP contribution in [0.1, 0.15) is 32.3 Å². The van der Waals surface area contributed by atoms with Crippen LogP contribution in [0.15, 0.2) is 24.3 Å². The molecule has 1 aromatic rings. The van der Waals surface area contributed by atoms with Crippen LogP contribution in [0.3, 0.4) is 0 Å². The normalized spacial score (nSPS) is 17.8. The van der Waals surface area contributed by atoms with Crippen molar-refractivity contribution in [1.29, 1.82) is 0 Å². The van der Waals surface area contributed by atoms with Crippen LogP contribution in [0, 0.1) is 0 Å². The first-order chi connectivity index (χ1) is 8.76. The second kappa shape index (κ2) is 5.89. The van der Waals surface area contributed by atoms with Crippen molar-refractivity contribution >= 4 is 5.91 Å². The molecule has 0 saturated heterocycles. The maximum atomic E-state index is 12.0. The summed E-state index contributed by atoms with van der Waals surface area (Å²) in [5.41, 5.74) is 1.21. The van der Waals surface area contributed by atoms with Gasteiger partial charge in [-0.15, -0.1) is 0 Å². The van der Waals surface area contributed by atoms with Crippen molar-refractivity contribution in [3.05, 3.63) is 29.8 Å². The number of carbonyl (C=O) groups is 1. The zero-order chi connectivity index (χ0) is 13.0. The minimum absolute atomic E-state index is 0.187. The molecule has 0 aromatic heterocycles. The first-order valence-electron chi connectivity index (χ1n) is 6.76. The van der Waals surface area contributed by atoms with Crippen LogP contribution >= 0.6 is 0 Å². The molecule has 0 N–H and O–H groups in total. The zero-order valence-electron chi connectivity index (χ0n) is 11.2. The van der Waals surface area contributed by atoms with Gasteiger partial charge in [-0.1, -0.05) is 32.0 Å². The van der Waals surface area contributed by atoms with Crippen LogP contribution in [0.25, 0.3) is 0 Å². The molecule has 0 saturated carbocycles.